The minimum absolute atomic E-state index is 0.887. The third kappa shape index (κ3) is 4.61. The van der Waals surface area contributed by atoms with Gasteiger partial charge in [-0.3, -0.25) is 0 Å². The Kier molecular flexibility index (Phi) is 6.36. The summed E-state index contributed by atoms with van der Waals surface area (Å²) in [5.74, 6) is 0. The van der Waals surface area contributed by atoms with E-state index < -0.39 is 0 Å². The van der Waals surface area contributed by atoms with E-state index in [0.29, 0.717) is 0 Å². The Morgan fingerprint density at radius 1 is 0.469 bits per heavy atom. The molecular weight excluding hydrogens is 617 g/mol. The molecule has 0 atom stereocenters. The largest absolute Gasteiger partial charge is 0.456 e. The van der Waals surface area contributed by atoms with Gasteiger partial charge in [0.25, 0.3) is 0 Å². The first-order valence-corrected chi connectivity index (χ1v) is 17.3. The van der Waals surface area contributed by atoms with E-state index in [1.807, 2.05) is 12.1 Å². The third-order valence-electron chi connectivity index (χ3n) is 9.45. The molecule has 0 saturated heterocycles. The first-order chi connectivity index (χ1) is 24.3. The van der Waals surface area contributed by atoms with Gasteiger partial charge in [0.05, 0.1) is 10.2 Å². The summed E-state index contributed by atoms with van der Waals surface area (Å²) in [5, 5.41) is 8.12. The molecule has 2 heterocycles. The topological polar surface area (TPSA) is 29.3 Å². The van der Waals surface area contributed by atoms with Crippen LogP contribution in [-0.2, 0) is 0 Å². The van der Waals surface area contributed by atoms with Crippen molar-refractivity contribution in [2.45, 2.75) is 0 Å². The summed E-state index contributed by atoms with van der Waals surface area (Å²) in [7, 11) is 0. The lowest BCUT2D eigenvalue weighted by Gasteiger charge is -2.26. The Morgan fingerprint density at radius 2 is 1.12 bits per heavy atom. The maximum absolute atomic E-state index is 6.20. The van der Waals surface area contributed by atoms with Gasteiger partial charge in [0.2, 0.25) is 0 Å². The highest BCUT2D eigenvalue weighted by Gasteiger charge is 2.19. The molecule has 230 valence electrons. The smallest absolute Gasteiger partial charge is 0.135 e. The molecule has 0 N–H and O–H groups in total. The average molecular weight is 645 g/mol. The highest BCUT2D eigenvalue weighted by molar-refractivity contribution is 7.22. The minimum Gasteiger partial charge on any atom is -0.456 e. The van der Waals surface area contributed by atoms with Gasteiger partial charge in [-0.05, 0) is 87.9 Å². The number of thiazole rings is 1. The zero-order chi connectivity index (χ0) is 32.3. The SMILES string of the molecule is c1ccc(-c2nc3ccc4c(-c5ccccc5)cc5ccc(N(c6ccccc6)c6ccc7oc8ccccc8c7c6)cc5c4c3s2)cc1. The van der Waals surface area contributed by atoms with Crippen molar-refractivity contribution < 1.29 is 4.42 Å². The summed E-state index contributed by atoms with van der Waals surface area (Å²) in [5.41, 5.74) is 9.63. The van der Waals surface area contributed by atoms with E-state index in [2.05, 4.69) is 163 Å². The summed E-state index contributed by atoms with van der Waals surface area (Å²) >= 11 is 1.77. The van der Waals surface area contributed by atoms with Crippen molar-refractivity contribution in [2.75, 3.05) is 4.90 Å². The van der Waals surface area contributed by atoms with Gasteiger partial charge in [-0.2, -0.15) is 0 Å². The first kappa shape index (κ1) is 27.8. The standard InChI is InChI=1S/C45H28N2OS/c1-4-12-29(13-5-1)37-26-31-20-21-33(27-38(31)43-36(37)23-24-40-44(43)49-45(46-40)30-14-6-2-7-15-30)47(32-16-8-3-9-17-32)34-22-25-42-39(28-34)35-18-10-11-19-41(35)48-42/h1-28H. The molecule has 0 saturated carbocycles. The number of aromatic nitrogens is 1. The molecule has 0 aliphatic carbocycles. The number of fused-ring (bicyclic) bond motifs is 8. The lowest BCUT2D eigenvalue weighted by molar-refractivity contribution is 0.669. The van der Waals surface area contributed by atoms with Crippen LogP contribution in [0.2, 0.25) is 0 Å². The third-order valence-corrected chi connectivity index (χ3v) is 10.6. The van der Waals surface area contributed by atoms with Crippen molar-refractivity contribution in [1.29, 1.82) is 0 Å². The molecule has 49 heavy (non-hydrogen) atoms. The van der Waals surface area contributed by atoms with Gasteiger partial charge in [-0.1, -0.05) is 109 Å². The second-order valence-electron chi connectivity index (χ2n) is 12.4. The molecule has 8 aromatic carbocycles. The lowest BCUT2D eigenvalue weighted by Crippen LogP contribution is -2.09. The molecule has 2 aromatic heterocycles. The van der Waals surface area contributed by atoms with Gasteiger partial charge in [-0.15, -0.1) is 11.3 Å². The summed E-state index contributed by atoms with van der Waals surface area (Å²) in [4.78, 5) is 7.49. The van der Waals surface area contributed by atoms with Gasteiger partial charge < -0.3 is 9.32 Å². The number of anilines is 3. The van der Waals surface area contributed by atoms with E-state index in [4.69, 9.17) is 9.40 Å². The average Bonchev–Trinajstić information content (AvgIpc) is 3.78. The van der Waals surface area contributed by atoms with E-state index in [1.165, 1.54) is 37.4 Å². The number of furan rings is 1. The quantitative estimate of drug-likeness (QED) is 0.175. The fraction of sp³-hybridized carbons (Fsp3) is 0. The first-order valence-electron chi connectivity index (χ1n) is 16.5. The van der Waals surface area contributed by atoms with Crippen molar-refractivity contribution >= 4 is 82.1 Å². The van der Waals surface area contributed by atoms with Gasteiger partial charge in [-0.25, -0.2) is 4.98 Å². The minimum atomic E-state index is 0.887. The molecule has 0 fully saturated rings. The number of para-hydroxylation sites is 2. The van der Waals surface area contributed by atoms with Crippen molar-refractivity contribution in [2.24, 2.45) is 0 Å². The predicted molar refractivity (Wildman–Crippen MR) is 207 cm³/mol. The molecule has 3 nitrogen and oxygen atoms in total. The van der Waals surface area contributed by atoms with E-state index in [0.717, 1.165) is 55.1 Å². The van der Waals surface area contributed by atoms with Crippen LogP contribution in [0.1, 0.15) is 0 Å². The van der Waals surface area contributed by atoms with Crippen LogP contribution in [0.25, 0.3) is 75.4 Å². The number of hydrogen-bond donors (Lipinski definition) is 0. The molecule has 0 aliphatic heterocycles. The Bertz CT molecular complexity index is 2820. The second-order valence-corrected chi connectivity index (χ2v) is 13.4. The predicted octanol–water partition coefficient (Wildman–Crippen LogP) is 13.3. The highest BCUT2D eigenvalue weighted by Crippen LogP contribution is 2.45. The van der Waals surface area contributed by atoms with Crippen LogP contribution in [0.3, 0.4) is 0 Å². The van der Waals surface area contributed by atoms with Crippen molar-refractivity contribution in [3.63, 3.8) is 0 Å². The number of nitrogens with zero attached hydrogens (tertiary/aromatic N) is 2. The molecular formula is C45H28N2OS. The molecule has 10 rings (SSSR count). The highest BCUT2D eigenvalue weighted by atomic mass is 32.1. The van der Waals surface area contributed by atoms with Gasteiger partial charge >= 0.3 is 0 Å². The molecule has 10 aromatic rings. The second kappa shape index (κ2) is 11.2. The molecule has 4 heteroatoms. The lowest BCUT2D eigenvalue weighted by atomic mass is 9.92. The van der Waals surface area contributed by atoms with Crippen LogP contribution in [0.5, 0.6) is 0 Å². The van der Waals surface area contributed by atoms with Crippen molar-refractivity contribution in [3.8, 4) is 21.7 Å². The van der Waals surface area contributed by atoms with Crippen LogP contribution in [-0.4, -0.2) is 4.98 Å². The summed E-state index contributed by atoms with van der Waals surface area (Å²) in [6, 6.07) is 60.3. The van der Waals surface area contributed by atoms with Crippen LogP contribution in [0, 0.1) is 0 Å². The molecule has 0 amide bonds. The fourth-order valence-corrected chi connectivity index (χ4v) is 8.31. The molecule has 0 aliphatic rings. The number of hydrogen-bond acceptors (Lipinski definition) is 4. The number of rotatable bonds is 5. The van der Waals surface area contributed by atoms with Gasteiger partial charge in [0, 0.05) is 38.8 Å². The maximum atomic E-state index is 6.20. The Labute approximate surface area is 286 Å². The Morgan fingerprint density at radius 3 is 1.92 bits per heavy atom. The van der Waals surface area contributed by atoms with Crippen molar-refractivity contribution in [3.05, 3.63) is 170 Å². The van der Waals surface area contributed by atoms with E-state index >= 15 is 0 Å². The van der Waals surface area contributed by atoms with E-state index in [9.17, 15) is 0 Å². The monoisotopic (exact) mass is 644 g/mol. The fourth-order valence-electron chi connectivity index (χ4n) is 7.18. The van der Waals surface area contributed by atoms with E-state index in [-0.39, 0.29) is 0 Å². The summed E-state index contributed by atoms with van der Waals surface area (Å²) in [6.45, 7) is 0. The van der Waals surface area contributed by atoms with Crippen LogP contribution >= 0.6 is 11.3 Å². The Balaban J connectivity index is 1.25. The van der Waals surface area contributed by atoms with Gasteiger partial charge in [0.1, 0.15) is 16.2 Å². The molecule has 0 unspecified atom stereocenters. The van der Waals surface area contributed by atoms with E-state index in [1.54, 1.807) is 11.3 Å². The zero-order valence-corrected chi connectivity index (χ0v) is 27.2. The maximum Gasteiger partial charge on any atom is 0.135 e. The molecule has 0 bridgehead atoms. The van der Waals surface area contributed by atoms with Gasteiger partial charge in [0.15, 0.2) is 0 Å². The number of benzene rings is 8. The molecule has 0 spiro atoms. The normalized spacial score (nSPS) is 11.7. The van der Waals surface area contributed by atoms with Crippen molar-refractivity contribution in [1.82, 2.24) is 4.98 Å². The van der Waals surface area contributed by atoms with Crippen LogP contribution in [0.15, 0.2) is 174 Å². The summed E-state index contributed by atoms with van der Waals surface area (Å²) in [6.07, 6.45) is 0. The van der Waals surface area contributed by atoms with Crippen LogP contribution < -0.4 is 4.90 Å². The summed E-state index contributed by atoms with van der Waals surface area (Å²) < 4.78 is 7.41. The van der Waals surface area contributed by atoms with Crippen LogP contribution in [0.4, 0.5) is 17.1 Å². The molecule has 0 radical (unpaired) electrons. The Hall–Kier alpha value is -6.23. The zero-order valence-electron chi connectivity index (χ0n) is 26.4.